The van der Waals surface area contributed by atoms with Gasteiger partial charge in [-0.1, -0.05) is 109 Å². The summed E-state index contributed by atoms with van der Waals surface area (Å²) in [4.78, 5) is 15.4. The lowest BCUT2D eigenvalue weighted by atomic mass is 9.92. The maximum absolute atomic E-state index is 6.50. The molecule has 3 heterocycles. The Kier molecular flexibility index (Phi) is 5.93. The highest BCUT2D eigenvalue weighted by Crippen LogP contribution is 2.41. The van der Waals surface area contributed by atoms with Gasteiger partial charge in [-0.2, -0.15) is 0 Å². The maximum atomic E-state index is 6.50. The summed E-state index contributed by atoms with van der Waals surface area (Å²) in [5.74, 6) is 2.82. The zero-order valence-electron chi connectivity index (χ0n) is 25.9. The molecule has 0 atom stereocenters. The van der Waals surface area contributed by atoms with E-state index in [0.29, 0.717) is 17.5 Å². The molecule has 0 saturated carbocycles. The van der Waals surface area contributed by atoms with Gasteiger partial charge in [-0.3, -0.25) is 0 Å². The van der Waals surface area contributed by atoms with Crippen molar-refractivity contribution in [2.45, 2.75) is 12.8 Å². The van der Waals surface area contributed by atoms with Crippen molar-refractivity contribution in [3.8, 4) is 33.9 Å². The molecule has 0 saturated heterocycles. The molecule has 0 unspecified atom stereocenters. The van der Waals surface area contributed by atoms with Gasteiger partial charge in [0.05, 0.1) is 0 Å². The quantitative estimate of drug-likeness (QED) is 0.197. The van der Waals surface area contributed by atoms with Crippen molar-refractivity contribution >= 4 is 49.3 Å². The Hall–Kier alpha value is -6.33. The Bertz CT molecular complexity index is 2740. The molecule has 6 aromatic carbocycles. The van der Waals surface area contributed by atoms with E-state index in [1.807, 2.05) is 60.7 Å². The number of fused-ring (bicyclic) bond motifs is 7. The summed E-state index contributed by atoms with van der Waals surface area (Å²) in [5, 5.41) is 5.54. The monoisotopic (exact) mass is 617 g/mol. The minimum absolute atomic E-state index is 0.605. The van der Waals surface area contributed by atoms with Gasteiger partial charge in [0.2, 0.25) is 0 Å². The Morgan fingerprint density at radius 2 is 1.21 bits per heavy atom. The molecule has 1 aliphatic rings. The third kappa shape index (κ3) is 4.28. The van der Waals surface area contributed by atoms with Gasteiger partial charge in [-0.15, -0.1) is 0 Å². The van der Waals surface area contributed by atoms with Gasteiger partial charge in [0.15, 0.2) is 17.5 Å². The van der Waals surface area contributed by atoms with Crippen LogP contribution in [0.2, 0.25) is 0 Å². The molecule has 10 rings (SSSR count). The number of benzene rings is 6. The average molecular weight is 618 g/mol. The molecule has 0 aliphatic heterocycles. The first-order chi connectivity index (χ1) is 23.8. The molecule has 9 aromatic rings. The number of aryl methyl sites for hydroxylation is 1. The molecule has 0 fully saturated rings. The molecule has 1 aliphatic carbocycles. The van der Waals surface area contributed by atoms with Gasteiger partial charge in [0, 0.05) is 44.8 Å². The second-order valence-electron chi connectivity index (χ2n) is 12.3. The van der Waals surface area contributed by atoms with Gasteiger partial charge in [0.1, 0.15) is 22.5 Å². The molecular weight excluding hydrogens is 590 g/mol. The Labute approximate surface area is 275 Å². The maximum Gasteiger partial charge on any atom is 0.164 e. The normalized spacial score (nSPS) is 13.0. The minimum atomic E-state index is 0.605. The van der Waals surface area contributed by atoms with E-state index in [9.17, 15) is 0 Å². The van der Waals surface area contributed by atoms with Gasteiger partial charge in [0.25, 0.3) is 0 Å². The summed E-state index contributed by atoms with van der Waals surface area (Å²) < 4.78 is 12.7. The molecule has 0 amide bonds. The van der Waals surface area contributed by atoms with Crippen LogP contribution in [-0.4, -0.2) is 15.0 Å². The third-order valence-corrected chi connectivity index (χ3v) is 9.38. The van der Waals surface area contributed by atoms with Gasteiger partial charge in [-0.05, 0) is 58.7 Å². The summed E-state index contributed by atoms with van der Waals surface area (Å²) in [6.45, 7) is 0. The van der Waals surface area contributed by atoms with E-state index in [1.165, 1.54) is 16.3 Å². The third-order valence-electron chi connectivity index (χ3n) is 9.38. The summed E-state index contributed by atoms with van der Waals surface area (Å²) in [6.07, 6.45) is 3.91. The predicted octanol–water partition coefficient (Wildman–Crippen LogP) is 11.0. The van der Waals surface area contributed by atoms with Crippen LogP contribution in [0.1, 0.15) is 23.6 Å². The van der Waals surface area contributed by atoms with E-state index < -0.39 is 0 Å². The summed E-state index contributed by atoms with van der Waals surface area (Å²) in [5.41, 5.74) is 8.68. The topological polar surface area (TPSA) is 65.0 Å². The largest absolute Gasteiger partial charge is 0.460 e. The molecule has 48 heavy (non-hydrogen) atoms. The van der Waals surface area contributed by atoms with Crippen LogP contribution in [0.3, 0.4) is 0 Å². The second kappa shape index (κ2) is 10.6. The van der Waals surface area contributed by atoms with Crippen LogP contribution in [0, 0.1) is 0 Å². The van der Waals surface area contributed by atoms with E-state index in [1.54, 1.807) is 0 Å². The van der Waals surface area contributed by atoms with E-state index in [0.717, 1.165) is 79.3 Å². The van der Waals surface area contributed by atoms with Gasteiger partial charge < -0.3 is 8.83 Å². The van der Waals surface area contributed by atoms with Gasteiger partial charge in [-0.25, -0.2) is 15.0 Å². The van der Waals surface area contributed by atoms with E-state index in [4.69, 9.17) is 23.8 Å². The zero-order chi connectivity index (χ0) is 31.6. The first-order valence-corrected chi connectivity index (χ1v) is 16.2. The van der Waals surface area contributed by atoms with Crippen molar-refractivity contribution in [2.75, 3.05) is 0 Å². The van der Waals surface area contributed by atoms with Crippen LogP contribution in [-0.2, 0) is 6.42 Å². The number of furan rings is 2. The first kappa shape index (κ1) is 26.8. The first-order valence-electron chi connectivity index (χ1n) is 16.2. The fourth-order valence-corrected chi connectivity index (χ4v) is 7.11. The second-order valence-corrected chi connectivity index (χ2v) is 12.3. The van der Waals surface area contributed by atoms with Crippen LogP contribution in [0.5, 0.6) is 0 Å². The van der Waals surface area contributed by atoms with Crippen LogP contribution in [0.25, 0.3) is 83.2 Å². The molecule has 3 aromatic heterocycles. The summed E-state index contributed by atoms with van der Waals surface area (Å²) >= 11 is 0. The van der Waals surface area contributed by atoms with Crippen molar-refractivity contribution in [3.05, 3.63) is 157 Å². The van der Waals surface area contributed by atoms with Crippen molar-refractivity contribution in [3.63, 3.8) is 0 Å². The average Bonchev–Trinajstić information content (AvgIpc) is 3.73. The number of allylic oxidation sites excluding steroid dienone is 1. The lowest BCUT2D eigenvalue weighted by Crippen LogP contribution is -2.06. The Morgan fingerprint density at radius 1 is 0.479 bits per heavy atom. The minimum Gasteiger partial charge on any atom is -0.460 e. The lowest BCUT2D eigenvalue weighted by molar-refractivity contribution is 0.545. The Morgan fingerprint density at radius 3 is 2.15 bits per heavy atom. The molecular formula is C43H27N3O2. The lowest BCUT2D eigenvalue weighted by Gasteiger charge is -2.15. The molecule has 226 valence electrons. The van der Waals surface area contributed by atoms with E-state index >= 15 is 0 Å². The Balaban J connectivity index is 1.18. The molecule has 5 nitrogen and oxygen atoms in total. The number of para-hydroxylation sites is 1. The molecule has 0 bridgehead atoms. The summed E-state index contributed by atoms with van der Waals surface area (Å²) in [6, 6.07) is 45.9. The van der Waals surface area contributed by atoms with Crippen LogP contribution in [0.15, 0.2) is 148 Å². The fraction of sp³-hybridized carbons (Fsp3) is 0.0465. The zero-order valence-corrected chi connectivity index (χ0v) is 25.9. The number of hydrogen-bond donors (Lipinski definition) is 0. The SMILES string of the molecule is C1=C(c2nc(-c3ccccc3)nc(-c3cccc4oc5ccccc5c34)n2)c2c(oc3ccc(-c4ccc5ccccc5c4)cc23)CC1. The number of hydrogen-bond acceptors (Lipinski definition) is 5. The highest BCUT2D eigenvalue weighted by Gasteiger charge is 2.26. The predicted molar refractivity (Wildman–Crippen MR) is 193 cm³/mol. The molecule has 0 N–H and O–H groups in total. The molecule has 0 spiro atoms. The summed E-state index contributed by atoms with van der Waals surface area (Å²) in [7, 11) is 0. The molecule has 0 radical (unpaired) electrons. The number of aromatic nitrogens is 3. The van der Waals surface area contributed by atoms with Crippen molar-refractivity contribution in [1.29, 1.82) is 0 Å². The van der Waals surface area contributed by atoms with Crippen molar-refractivity contribution < 1.29 is 8.83 Å². The highest BCUT2D eigenvalue weighted by molar-refractivity contribution is 6.12. The van der Waals surface area contributed by atoms with Crippen molar-refractivity contribution in [2.24, 2.45) is 0 Å². The van der Waals surface area contributed by atoms with E-state index in [-0.39, 0.29) is 0 Å². The fourth-order valence-electron chi connectivity index (χ4n) is 7.11. The molecule has 5 heteroatoms. The smallest absolute Gasteiger partial charge is 0.164 e. The van der Waals surface area contributed by atoms with Crippen LogP contribution in [0.4, 0.5) is 0 Å². The van der Waals surface area contributed by atoms with Crippen LogP contribution >= 0.6 is 0 Å². The van der Waals surface area contributed by atoms with E-state index in [2.05, 4.69) is 78.9 Å². The van der Waals surface area contributed by atoms with Gasteiger partial charge >= 0.3 is 0 Å². The van der Waals surface area contributed by atoms with Crippen molar-refractivity contribution in [1.82, 2.24) is 15.0 Å². The number of rotatable bonds is 4. The standard InChI is InChI=1S/C43H27N3O2/c1-2-11-27(12-3-1)41-44-42(32-15-8-18-37-39(32)31-14-6-7-17-35(31)47-37)46-43(45-41)33-16-9-19-38-40(33)34-25-30(22-23-36(34)48-38)29-21-20-26-10-4-5-13-28(26)24-29/h1-8,10-18,20-25H,9,19H2. The van der Waals surface area contributed by atoms with Crippen LogP contribution < -0.4 is 0 Å². The highest BCUT2D eigenvalue weighted by atomic mass is 16.3. The number of nitrogens with zero attached hydrogens (tertiary/aromatic N) is 3.